The molecule has 196 valence electrons. The fourth-order valence-electron chi connectivity index (χ4n) is 4.29. The molecule has 0 spiro atoms. The van der Waals surface area contributed by atoms with Crippen molar-refractivity contribution in [3.05, 3.63) is 92.7 Å². The molecule has 38 heavy (non-hydrogen) atoms. The molecule has 0 saturated carbocycles. The van der Waals surface area contributed by atoms with Crippen molar-refractivity contribution in [3.63, 3.8) is 0 Å². The number of anilines is 1. The van der Waals surface area contributed by atoms with Gasteiger partial charge in [-0.25, -0.2) is 9.78 Å². The number of benzene rings is 2. The van der Waals surface area contributed by atoms with Crippen molar-refractivity contribution in [1.29, 1.82) is 0 Å². The summed E-state index contributed by atoms with van der Waals surface area (Å²) in [6.45, 7) is 5.54. The predicted molar refractivity (Wildman–Crippen MR) is 150 cm³/mol. The number of aryl methyl sites for hydroxylation is 1. The van der Waals surface area contributed by atoms with Crippen LogP contribution in [0.25, 0.3) is 32.3 Å². The van der Waals surface area contributed by atoms with E-state index in [9.17, 15) is 14.2 Å². The lowest BCUT2D eigenvalue weighted by Crippen LogP contribution is -2.23. The van der Waals surface area contributed by atoms with Gasteiger partial charge in [0.25, 0.3) is 5.56 Å². The topological polar surface area (TPSA) is 124 Å². The van der Waals surface area contributed by atoms with Gasteiger partial charge >= 0.3 is 13.2 Å². The predicted octanol–water partition coefficient (Wildman–Crippen LogP) is 6.44. The minimum Gasteiger partial charge on any atom is -0.422 e. The molecule has 3 heterocycles. The Morgan fingerprint density at radius 2 is 1.79 bits per heavy atom. The summed E-state index contributed by atoms with van der Waals surface area (Å²) in [5.41, 5.74) is 1.72. The maximum absolute atomic E-state index is 14.0. The standard InChI is InChI=1S/C27H26N3O6PS/c1-4-34-37(33,35-5-2)25(20-14-18-11-8-9-16(3)23(18)29-24(20)31)30-27-28-15-22(38-27)19-13-17-10-6-7-12-21(17)36-26(19)32/h6-15,25H,4-5H2,1-3H3,(H,28,30)(H,29,31). The highest BCUT2D eigenvalue weighted by Crippen LogP contribution is 2.60. The average Bonchev–Trinajstić information content (AvgIpc) is 3.36. The quantitative estimate of drug-likeness (QED) is 0.158. The lowest BCUT2D eigenvalue weighted by atomic mass is 10.1. The third-order valence-corrected chi connectivity index (χ3v) is 9.26. The van der Waals surface area contributed by atoms with Crippen LogP contribution in [0.1, 0.15) is 30.8 Å². The summed E-state index contributed by atoms with van der Waals surface area (Å²) < 4.78 is 30.7. The molecule has 3 aromatic heterocycles. The van der Waals surface area contributed by atoms with Gasteiger partial charge in [0, 0.05) is 11.6 Å². The highest BCUT2D eigenvalue weighted by atomic mass is 32.1. The Hall–Kier alpha value is -3.56. The summed E-state index contributed by atoms with van der Waals surface area (Å²) in [5, 5.41) is 5.00. The second-order valence-electron chi connectivity index (χ2n) is 8.53. The zero-order valence-electron chi connectivity index (χ0n) is 21.0. The maximum atomic E-state index is 14.0. The van der Waals surface area contributed by atoms with E-state index >= 15 is 0 Å². The van der Waals surface area contributed by atoms with Gasteiger partial charge < -0.3 is 23.8 Å². The number of hydrogen-bond donors (Lipinski definition) is 2. The number of nitrogens with zero attached hydrogens (tertiary/aromatic N) is 1. The molecule has 2 N–H and O–H groups in total. The molecule has 9 nitrogen and oxygen atoms in total. The van der Waals surface area contributed by atoms with Gasteiger partial charge in [0.1, 0.15) is 5.58 Å². The zero-order valence-corrected chi connectivity index (χ0v) is 22.7. The number of fused-ring (bicyclic) bond motifs is 2. The van der Waals surface area contributed by atoms with Gasteiger partial charge in [-0.2, -0.15) is 0 Å². The van der Waals surface area contributed by atoms with Crippen LogP contribution in [-0.4, -0.2) is 23.2 Å². The van der Waals surface area contributed by atoms with Crippen LogP contribution in [0.3, 0.4) is 0 Å². The van der Waals surface area contributed by atoms with Gasteiger partial charge in [0.2, 0.25) is 0 Å². The first-order valence-corrected chi connectivity index (χ1v) is 14.5. The summed E-state index contributed by atoms with van der Waals surface area (Å²) in [5.74, 6) is -1.15. The van der Waals surface area contributed by atoms with Crippen molar-refractivity contribution >= 4 is 45.9 Å². The first-order valence-electron chi connectivity index (χ1n) is 12.1. The van der Waals surface area contributed by atoms with E-state index in [2.05, 4.69) is 15.3 Å². The minimum absolute atomic E-state index is 0.112. The number of rotatable bonds is 9. The SMILES string of the molecule is CCOP(=O)(OCC)C(Nc1ncc(-c2cc3ccccc3oc2=O)s1)c1cc2cccc(C)c2[nH]c1=O. The Labute approximate surface area is 222 Å². The van der Waals surface area contributed by atoms with Crippen LogP contribution < -0.4 is 16.5 Å². The van der Waals surface area contributed by atoms with E-state index in [-0.39, 0.29) is 18.8 Å². The van der Waals surface area contributed by atoms with Gasteiger partial charge in [0.05, 0.1) is 34.7 Å². The summed E-state index contributed by atoms with van der Waals surface area (Å²) in [4.78, 5) is 33.8. The summed E-state index contributed by atoms with van der Waals surface area (Å²) in [7, 11) is -3.88. The van der Waals surface area contributed by atoms with Gasteiger partial charge in [-0.05, 0) is 49.9 Å². The molecule has 0 saturated heterocycles. The number of para-hydroxylation sites is 2. The smallest absolute Gasteiger partial charge is 0.357 e. The molecule has 11 heteroatoms. The highest BCUT2D eigenvalue weighted by Gasteiger charge is 2.39. The van der Waals surface area contributed by atoms with Crippen LogP contribution in [0.4, 0.5) is 5.13 Å². The second kappa shape index (κ2) is 10.7. The summed E-state index contributed by atoms with van der Waals surface area (Å²) in [6.07, 6.45) is 1.53. The molecule has 2 aromatic carbocycles. The molecule has 5 rings (SSSR count). The number of aromatic nitrogens is 2. The Morgan fingerprint density at radius 1 is 1.05 bits per heavy atom. The Morgan fingerprint density at radius 3 is 2.55 bits per heavy atom. The van der Waals surface area contributed by atoms with E-state index in [1.54, 1.807) is 38.1 Å². The number of thiazole rings is 1. The number of H-pyrrole nitrogens is 1. The Bertz CT molecular complexity index is 1780. The van der Waals surface area contributed by atoms with E-state index in [1.807, 2.05) is 37.3 Å². The largest absolute Gasteiger partial charge is 0.422 e. The number of aromatic amines is 1. The highest BCUT2D eigenvalue weighted by molar-refractivity contribution is 7.54. The van der Waals surface area contributed by atoms with Crippen LogP contribution in [-0.2, 0) is 13.6 Å². The van der Waals surface area contributed by atoms with Crippen LogP contribution in [0.15, 0.2) is 74.8 Å². The molecule has 0 aliphatic carbocycles. The molecule has 1 atom stereocenters. The molecule has 0 fully saturated rings. The summed E-state index contributed by atoms with van der Waals surface area (Å²) in [6, 6.07) is 16.3. The Balaban J connectivity index is 1.59. The van der Waals surface area contributed by atoms with Crippen LogP contribution >= 0.6 is 18.9 Å². The third kappa shape index (κ3) is 4.96. The van der Waals surface area contributed by atoms with E-state index in [4.69, 9.17) is 13.5 Å². The van der Waals surface area contributed by atoms with Crippen molar-refractivity contribution in [2.75, 3.05) is 18.5 Å². The molecule has 0 aliphatic rings. The van der Waals surface area contributed by atoms with Crippen LogP contribution in [0.5, 0.6) is 0 Å². The molecule has 1 unspecified atom stereocenters. The molecular weight excluding hydrogens is 525 g/mol. The van der Waals surface area contributed by atoms with E-state index < -0.39 is 24.6 Å². The fourth-order valence-corrected chi connectivity index (χ4v) is 7.13. The lowest BCUT2D eigenvalue weighted by molar-refractivity contribution is 0.214. The van der Waals surface area contributed by atoms with Crippen molar-refractivity contribution in [3.8, 4) is 10.4 Å². The van der Waals surface area contributed by atoms with Gasteiger partial charge in [-0.15, -0.1) is 0 Å². The first kappa shape index (κ1) is 26.1. The van der Waals surface area contributed by atoms with E-state index in [1.165, 1.54) is 17.5 Å². The fraction of sp³-hybridized carbons (Fsp3) is 0.222. The van der Waals surface area contributed by atoms with Crippen molar-refractivity contribution in [2.45, 2.75) is 26.6 Å². The molecular formula is C27H26N3O6PS. The normalized spacial score (nSPS) is 12.7. The van der Waals surface area contributed by atoms with Crippen molar-refractivity contribution in [1.82, 2.24) is 9.97 Å². The summed E-state index contributed by atoms with van der Waals surface area (Å²) >= 11 is 1.17. The van der Waals surface area contributed by atoms with Gasteiger partial charge in [-0.1, -0.05) is 47.7 Å². The lowest BCUT2D eigenvalue weighted by Gasteiger charge is -2.27. The second-order valence-corrected chi connectivity index (χ2v) is 11.7. The van der Waals surface area contributed by atoms with Gasteiger partial charge in [0.15, 0.2) is 10.9 Å². The first-order chi connectivity index (χ1) is 18.3. The third-order valence-electron chi connectivity index (χ3n) is 6.02. The van der Waals surface area contributed by atoms with Crippen molar-refractivity contribution in [2.24, 2.45) is 0 Å². The van der Waals surface area contributed by atoms with Crippen LogP contribution in [0, 0.1) is 6.92 Å². The average molecular weight is 552 g/mol. The molecule has 5 aromatic rings. The monoisotopic (exact) mass is 551 g/mol. The van der Waals surface area contributed by atoms with E-state index in [0.29, 0.717) is 26.7 Å². The molecule has 0 radical (unpaired) electrons. The van der Waals surface area contributed by atoms with Crippen molar-refractivity contribution < 1.29 is 18.0 Å². The zero-order chi connectivity index (χ0) is 26.9. The molecule has 0 aliphatic heterocycles. The van der Waals surface area contributed by atoms with Gasteiger partial charge in [-0.3, -0.25) is 9.36 Å². The minimum atomic E-state index is -3.88. The molecule has 0 amide bonds. The van der Waals surface area contributed by atoms with Crippen LogP contribution in [0.2, 0.25) is 0 Å². The van der Waals surface area contributed by atoms with E-state index in [0.717, 1.165) is 16.3 Å². The maximum Gasteiger partial charge on any atom is 0.357 e. The molecule has 0 bridgehead atoms. The number of pyridine rings is 1. The number of hydrogen-bond acceptors (Lipinski definition) is 9. The Kier molecular flexibility index (Phi) is 7.32. The number of nitrogens with one attached hydrogen (secondary N) is 2.